The molecule has 0 aliphatic carbocycles. The summed E-state index contributed by atoms with van der Waals surface area (Å²) in [5.41, 5.74) is 4.51. The van der Waals surface area contributed by atoms with E-state index in [1.54, 1.807) is 6.33 Å². The lowest BCUT2D eigenvalue weighted by molar-refractivity contribution is 0.122. The number of ether oxygens (including phenoxy) is 1. The zero-order valence-electron chi connectivity index (χ0n) is 15.1. The van der Waals surface area contributed by atoms with Crippen LogP contribution in [0.25, 0.3) is 10.9 Å². The van der Waals surface area contributed by atoms with Crippen LogP contribution >= 0.6 is 0 Å². The number of morpholine rings is 1. The van der Waals surface area contributed by atoms with E-state index in [1.165, 1.54) is 16.8 Å². The zero-order chi connectivity index (χ0) is 17.9. The first-order valence-electron chi connectivity index (χ1n) is 8.97. The number of benzene rings is 1. The number of aryl methyl sites for hydroxylation is 1. The number of fused-ring (bicyclic) bond motifs is 1. The van der Waals surface area contributed by atoms with Gasteiger partial charge in [0.15, 0.2) is 0 Å². The second-order valence-corrected chi connectivity index (χ2v) is 6.62. The van der Waals surface area contributed by atoms with Gasteiger partial charge in [-0.1, -0.05) is 0 Å². The molecule has 1 fully saturated rings. The van der Waals surface area contributed by atoms with Gasteiger partial charge in [0.05, 0.1) is 24.8 Å². The van der Waals surface area contributed by atoms with Gasteiger partial charge in [0.25, 0.3) is 0 Å². The standard InChI is InChI=1S/C20H23N5O/c1-14-5-6-21-12-18(14)15(2)24-20-17-11-16(25-7-9-26-10-8-25)3-4-19(17)22-13-23-20/h3-6,11-13,15H,7-10H2,1-2H3,(H,22,23,24). The van der Waals surface area contributed by atoms with E-state index in [9.17, 15) is 0 Å². The SMILES string of the molecule is Cc1ccncc1C(C)Nc1ncnc2ccc(N3CCOCC3)cc12. The molecule has 0 saturated carbocycles. The fourth-order valence-electron chi connectivity index (χ4n) is 3.39. The van der Waals surface area contributed by atoms with Crippen molar-refractivity contribution in [3.63, 3.8) is 0 Å². The van der Waals surface area contributed by atoms with Crippen LogP contribution < -0.4 is 10.2 Å². The molecule has 4 rings (SSSR count). The molecule has 1 N–H and O–H groups in total. The Morgan fingerprint density at radius 1 is 1.15 bits per heavy atom. The highest BCUT2D eigenvalue weighted by Gasteiger charge is 2.15. The molecule has 0 radical (unpaired) electrons. The molecule has 0 amide bonds. The van der Waals surface area contributed by atoms with Gasteiger partial charge in [-0.3, -0.25) is 4.98 Å². The van der Waals surface area contributed by atoms with Gasteiger partial charge in [-0.2, -0.15) is 0 Å². The van der Waals surface area contributed by atoms with Crippen LogP contribution in [0.3, 0.4) is 0 Å². The molecule has 3 heterocycles. The number of rotatable bonds is 4. The van der Waals surface area contributed by atoms with Crippen LogP contribution in [0.1, 0.15) is 24.1 Å². The van der Waals surface area contributed by atoms with Gasteiger partial charge in [-0.15, -0.1) is 0 Å². The van der Waals surface area contributed by atoms with E-state index in [-0.39, 0.29) is 6.04 Å². The van der Waals surface area contributed by atoms with Gasteiger partial charge >= 0.3 is 0 Å². The van der Waals surface area contributed by atoms with E-state index in [2.05, 4.69) is 57.2 Å². The van der Waals surface area contributed by atoms with Crippen molar-refractivity contribution in [1.29, 1.82) is 0 Å². The maximum atomic E-state index is 5.46. The minimum atomic E-state index is 0.105. The molecule has 3 aromatic rings. The lowest BCUT2D eigenvalue weighted by Gasteiger charge is -2.29. The molecule has 1 aromatic carbocycles. The highest BCUT2D eigenvalue weighted by Crippen LogP contribution is 2.28. The highest BCUT2D eigenvalue weighted by atomic mass is 16.5. The highest BCUT2D eigenvalue weighted by molar-refractivity contribution is 5.91. The molecule has 0 spiro atoms. The molecule has 6 nitrogen and oxygen atoms in total. The Bertz CT molecular complexity index is 908. The van der Waals surface area contributed by atoms with Crippen LogP contribution in [0.5, 0.6) is 0 Å². The van der Waals surface area contributed by atoms with Gasteiger partial charge in [-0.25, -0.2) is 9.97 Å². The molecule has 26 heavy (non-hydrogen) atoms. The Labute approximate surface area is 153 Å². The lowest BCUT2D eigenvalue weighted by Crippen LogP contribution is -2.36. The van der Waals surface area contributed by atoms with Crippen LogP contribution in [0.4, 0.5) is 11.5 Å². The second-order valence-electron chi connectivity index (χ2n) is 6.62. The fourth-order valence-corrected chi connectivity index (χ4v) is 3.39. The summed E-state index contributed by atoms with van der Waals surface area (Å²) < 4.78 is 5.46. The van der Waals surface area contributed by atoms with E-state index >= 15 is 0 Å². The molecule has 134 valence electrons. The van der Waals surface area contributed by atoms with E-state index in [0.29, 0.717) is 0 Å². The third-order valence-electron chi connectivity index (χ3n) is 4.89. The molecular formula is C20H23N5O. The average molecular weight is 349 g/mol. The van der Waals surface area contributed by atoms with Gasteiger partial charge in [0, 0.05) is 36.6 Å². The van der Waals surface area contributed by atoms with Crippen molar-refractivity contribution in [2.24, 2.45) is 0 Å². The minimum Gasteiger partial charge on any atom is -0.378 e. The Kier molecular flexibility index (Phi) is 4.67. The van der Waals surface area contributed by atoms with Crippen LogP contribution in [0.15, 0.2) is 43.0 Å². The minimum absolute atomic E-state index is 0.105. The number of hydrogen-bond donors (Lipinski definition) is 1. The summed E-state index contributed by atoms with van der Waals surface area (Å²) in [6.07, 6.45) is 5.34. The van der Waals surface area contributed by atoms with Crippen LogP contribution in [-0.4, -0.2) is 41.3 Å². The molecule has 0 bridgehead atoms. The van der Waals surface area contributed by atoms with Crippen molar-refractivity contribution in [2.75, 3.05) is 36.5 Å². The molecule has 1 aliphatic heterocycles. The first-order valence-corrected chi connectivity index (χ1v) is 8.97. The second kappa shape index (κ2) is 7.25. The zero-order valence-corrected chi connectivity index (χ0v) is 15.1. The first kappa shape index (κ1) is 16.7. The quantitative estimate of drug-likeness (QED) is 0.779. The van der Waals surface area contributed by atoms with E-state index in [1.807, 2.05) is 18.5 Å². The van der Waals surface area contributed by atoms with Crippen LogP contribution in [-0.2, 0) is 4.74 Å². The number of nitrogens with zero attached hydrogens (tertiary/aromatic N) is 4. The first-order chi connectivity index (χ1) is 12.7. The number of anilines is 2. The predicted octanol–water partition coefficient (Wildman–Crippen LogP) is 3.34. The topological polar surface area (TPSA) is 63.2 Å². The van der Waals surface area contributed by atoms with Crippen molar-refractivity contribution in [1.82, 2.24) is 15.0 Å². The predicted molar refractivity (Wildman–Crippen MR) is 104 cm³/mol. The van der Waals surface area contributed by atoms with Crippen molar-refractivity contribution in [3.05, 3.63) is 54.1 Å². The molecule has 1 aliphatic rings. The lowest BCUT2D eigenvalue weighted by atomic mass is 10.1. The summed E-state index contributed by atoms with van der Waals surface area (Å²) in [6.45, 7) is 7.59. The maximum absolute atomic E-state index is 5.46. The Morgan fingerprint density at radius 3 is 2.81 bits per heavy atom. The smallest absolute Gasteiger partial charge is 0.137 e. The van der Waals surface area contributed by atoms with E-state index in [0.717, 1.165) is 43.0 Å². The number of hydrogen-bond acceptors (Lipinski definition) is 6. The fraction of sp³-hybridized carbons (Fsp3) is 0.350. The van der Waals surface area contributed by atoms with E-state index < -0.39 is 0 Å². The van der Waals surface area contributed by atoms with Gasteiger partial charge in [-0.05, 0) is 49.2 Å². The third-order valence-corrected chi connectivity index (χ3v) is 4.89. The largest absolute Gasteiger partial charge is 0.378 e. The van der Waals surface area contributed by atoms with Gasteiger partial charge in [0.2, 0.25) is 0 Å². The molecule has 2 aromatic heterocycles. The molecular weight excluding hydrogens is 326 g/mol. The molecule has 1 unspecified atom stereocenters. The molecule has 1 saturated heterocycles. The third kappa shape index (κ3) is 3.32. The normalized spacial score (nSPS) is 15.8. The number of aromatic nitrogens is 3. The number of nitrogens with one attached hydrogen (secondary N) is 1. The summed E-state index contributed by atoms with van der Waals surface area (Å²) in [6, 6.07) is 8.49. The van der Waals surface area contributed by atoms with Crippen LogP contribution in [0.2, 0.25) is 0 Å². The Balaban J connectivity index is 1.67. The Hall–Kier alpha value is -2.73. The van der Waals surface area contributed by atoms with E-state index in [4.69, 9.17) is 4.74 Å². The van der Waals surface area contributed by atoms with Crippen LogP contribution in [0, 0.1) is 6.92 Å². The van der Waals surface area contributed by atoms with Crippen molar-refractivity contribution >= 4 is 22.4 Å². The molecule has 1 atom stereocenters. The monoisotopic (exact) mass is 349 g/mol. The number of pyridine rings is 1. The summed E-state index contributed by atoms with van der Waals surface area (Å²) in [4.78, 5) is 15.5. The van der Waals surface area contributed by atoms with Gasteiger partial charge < -0.3 is 15.0 Å². The van der Waals surface area contributed by atoms with Crippen molar-refractivity contribution < 1.29 is 4.74 Å². The summed E-state index contributed by atoms with van der Waals surface area (Å²) >= 11 is 0. The average Bonchev–Trinajstić information content (AvgIpc) is 2.69. The molecule has 6 heteroatoms. The Morgan fingerprint density at radius 2 is 2.00 bits per heavy atom. The maximum Gasteiger partial charge on any atom is 0.137 e. The van der Waals surface area contributed by atoms with Gasteiger partial charge in [0.1, 0.15) is 12.1 Å². The summed E-state index contributed by atoms with van der Waals surface area (Å²) in [5.74, 6) is 0.848. The summed E-state index contributed by atoms with van der Waals surface area (Å²) in [5, 5.41) is 4.57. The van der Waals surface area contributed by atoms with Crippen molar-refractivity contribution in [3.8, 4) is 0 Å². The van der Waals surface area contributed by atoms with Crippen molar-refractivity contribution in [2.45, 2.75) is 19.9 Å². The summed E-state index contributed by atoms with van der Waals surface area (Å²) in [7, 11) is 0.